The summed E-state index contributed by atoms with van der Waals surface area (Å²) >= 11 is 0. The predicted molar refractivity (Wildman–Crippen MR) is 114 cm³/mol. The first-order valence-electron chi connectivity index (χ1n) is 9.12. The van der Waals surface area contributed by atoms with Gasteiger partial charge in [-0.3, -0.25) is 0 Å². The molecule has 0 atom stereocenters. The van der Waals surface area contributed by atoms with E-state index in [1.807, 2.05) is 36.4 Å². The standard InChI is InChI=1S/C23H18F2N4O/c1-14(29-17-5-8-21(25)16(9-17)12-24)19-4-2-3-15-10-18(6-7-20(15)19)30-23-11-22(26)27-13-28-23/h2-11,13,29H,1,12H2,(H2,26,27,28). The van der Waals surface area contributed by atoms with Crippen molar-refractivity contribution in [3.63, 3.8) is 0 Å². The molecule has 0 bridgehead atoms. The van der Waals surface area contributed by atoms with Gasteiger partial charge in [-0.2, -0.15) is 0 Å². The Hall–Kier alpha value is -4.00. The molecule has 4 aromatic rings. The monoisotopic (exact) mass is 404 g/mol. The molecule has 0 aliphatic carbocycles. The second-order valence-electron chi connectivity index (χ2n) is 6.62. The van der Waals surface area contributed by atoms with Gasteiger partial charge in [-0.05, 0) is 47.2 Å². The van der Waals surface area contributed by atoms with Gasteiger partial charge in [0.05, 0.1) is 0 Å². The second-order valence-corrected chi connectivity index (χ2v) is 6.62. The van der Waals surface area contributed by atoms with Gasteiger partial charge >= 0.3 is 0 Å². The topological polar surface area (TPSA) is 73.1 Å². The van der Waals surface area contributed by atoms with Crippen LogP contribution in [0.2, 0.25) is 0 Å². The predicted octanol–water partition coefficient (Wildman–Crippen LogP) is 5.70. The van der Waals surface area contributed by atoms with Crippen LogP contribution in [0.15, 0.2) is 73.6 Å². The van der Waals surface area contributed by atoms with E-state index in [1.165, 1.54) is 18.5 Å². The largest absolute Gasteiger partial charge is 0.439 e. The summed E-state index contributed by atoms with van der Waals surface area (Å²) in [5.74, 6) is 0.699. The number of rotatable bonds is 6. The zero-order valence-corrected chi connectivity index (χ0v) is 15.9. The van der Waals surface area contributed by atoms with Crippen molar-refractivity contribution in [1.29, 1.82) is 0 Å². The van der Waals surface area contributed by atoms with Crippen LogP contribution in [0.3, 0.4) is 0 Å². The number of nitrogens with one attached hydrogen (secondary N) is 1. The van der Waals surface area contributed by atoms with Gasteiger partial charge in [-0.15, -0.1) is 0 Å². The number of ether oxygens (including phenoxy) is 1. The molecule has 0 aliphatic rings. The molecule has 30 heavy (non-hydrogen) atoms. The maximum Gasteiger partial charge on any atom is 0.224 e. The number of hydrogen-bond acceptors (Lipinski definition) is 5. The number of benzene rings is 3. The molecule has 0 radical (unpaired) electrons. The third kappa shape index (κ3) is 4.05. The van der Waals surface area contributed by atoms with Gasteiger partial charge in [0, 0.05) is 28.6 Å². The zero-order valence-electron chi connectivity index (χ0n) is 15.9. The number of aromatic nitrogens is 2. The average molecular weight is 404 g/mol. The number of hydrogen-bond donors (Lipinski definition) is 2. The van der Waals surface area contributed by atoms with Gasteiger partial charge in [0.25, 0.3) is 0 Å². The minimum atomic E-state index is -0.872. The van der Waals surface area contributed by atoms with Crippen LogP contribution in [0, 0.1) is 5.82 Å². The lowest BCUT2D eigenvalue weighted by atomic mass is 10.0. The van der Waals surface area contributed by atoms with Crippen molar-refractivity contribution in [2.45, 2.75) is 6.67 Å². The first-order chi connectivity index (χ1) is 14.5. The Kier molecular flexibility index (Phi) is 5.26. The van der Waals surface area contributed by atoms with E-state index in [1.54, 1.807) is 12.1 Å². The molecule has 3 N–H and O–H groups in total. The van der Waals surface area contributed by atoms with Gasteiger partial charge in [0.2, 0.25) is 5.88 Å². The summed E-state index contributed by atoms with van der Waals surface area (Å²) in [7, 11) is 0. The Labute approximate surface area is 171 Å². The van der Waals surface area contributed by atoms with E-state index < -0.39 is 12.5 Å². The Bertz CT molecular complexity index is 1240. The van der Waals surface area contributed by atoms with E-state index in [9.17, 15) is 8.78 Å². The molecule has 1 aromatic heterocycles. The Morgan fingerprint density at radius 1 is 1.07 bits per heavy atom. The minimum absolute atomic E-state index is 0.00197. The van der Waals surface area contributed by atoms with E-state index in [4.69, 9.17) is 10.5 Å². The molecular weight excluding hydrogens is 386 g/mol. The molecule has 3 aromatic carbocycles. The summed E-state index contributed by atoms with van der Waals surface area (Å²) in [5.41, 5.74) is 7.68. The van der Waals surface area contributed by atoms with Crippen LogP contribution in [-0.4, -0.2) is 9.97 Å². The molecule has 0 saturated heterocycles. The molecule has 1 heterocycles. The molecule has 0 spiro atoms. The third-order valence-electron chi connectivity index (χ3n) is 4.55. The Morgan fingerprint density at radius 2 is 1.93 bits per heavy atom. The highest BCUT2D eigenvalue weighted by atomic mass is 19.1. The average Bonchev–Trinajstić information content (AvgIpc) is 2.74. The van der Waals surface area contributed by atoms with Crippen molar-refractivity contribution in [3.05, 3.63) is 90.5 Å². The molecule has 150 valence electrons. The van der Waals surface area contributed by atoms with Crippen LogP contribution in [0.4, 0.5) is 20.3 Å². The van der Waals surface area contributed by atoms with Crippen molar-refractivity contribution >= 4 is 28.0 Å². The summed E-state index contributed by atoms with van der Waals surface area (Å²) in [5, 5.41) is 4.99. The van der Waals surface area contributed by atoms with Crippen molar-refractivity contribution in [1.82, 2.24) is 9.97 Å². The highest BCUT2D eigenvalue weighted by Gasteiger charge is 2.09. The minimum Gasteiger partial charge on any atom is -0.439 e. The van der Waals surface area contributed by atoms with Crippen LogP contribution in [-0.2, 0) is 6.67 Å². The van der Waals surface area contributed by atoms with Gasteiger partial charge < -0.3 is 15.8 Å². The van der Waals surface area contributed by atoms with Crippen molar-refractivity contribution in [2.24, 2.45) is 0 Å². The van der Waals surface area contributed by atoms with Crippen molar-refractivity contribution < 1.29 is 13.5 Å². The molecule has 0 aliphatic heterocycles. The van der Waals surface area contributed by atoms with E-state index in [0.717, 1.165) is 16.3 Å². The van der Waals surface area contributed by atoms with Crippen molar-refractivity contribution in [3.8, 4) is 11.6 Å². The van der Waals surface area contributed by atoms with Crippen LogP contribution < -0.4 is 15.8 Å². The quantitative estimate of drug-likeness (QED) is 0.432. The van der Waals surface area contributed by atoms with E-state index in [0.29, 0.717) is 28.8 Å². The third-order valence-corrected chi connectivity index (χ3v) is 4.55. The number of nitrogen functional groups attached to an aromatic ring is 1. The van der Waals surface area contributed by atoms with E-state index in [2.05, 4.69) is 21.9 Å². The van der Waals surface area contributed by atoms with Crippen molar-refractivity contribution in [2.75, 3.05) is 11.1 Å². The fourth-order valence-electron chi connectivity index (χ4n) is 3.11. The van der Waals surface area contributed by atoms with E-state index in [-0.39, 0.29) is 5.56 Å². The lowest BCUT2D eigenvalue weighted by Gasteiger charge is -2.14. The van der Waals surface area contributed by atoms with Crippen LogP contribution in [0.1, 0.15) is 11.1 Å². The number of halogens is 2. The number of nitrogens with two attached hydrogens (primary N) is 1. The van der Waals surface area contributed by atoms with Gasteiger partial charge in [-0.25, -0.2) is 18.7 Å². The maximum atomic E-state index is 13.5. The highest BCUT2D eigenvalue weighted by Crippen LogP contribution is 2.30. The number of alkyl halides is 1. The van der Waals surface area contributed by atoms with E-state index >= 15 is 0 Å². The summed E-state index contributed by atoms with van der Waals surface area (Å²) in [6, 6.07) is 17.1. The van der Waals surface area contributed by atoms with Gasteiger partial charge in [0.15, 0.2) is 0 Å². The molecule has 0 unspecified atom stereocenters. The molecule has 0 fully saturated rings. The molecule has 4 rings (SSSR count). The first-order valence-corrected chi connectivity index (χ1v) is 9.12. The summed E-state index contributed by atoms with van der Waals surface area (Å²) in [6.45, 7) is 3.22. The normalized spacial score (nSPS) is 10.7. The first kappa shape index (κ1) is 19.3. The van der Waals surface area contributed by atoms with Crippen LogP contribution in [0.5, 0.6) is 11.6 Å². The zero-order chi connectivity index (χ0) is 21.1. The fourth-order valence-corrected chi connectivity index (χ4v) is 3.11. The van der Waals surface area contributed by atoms with Gasteiger partial charge in [0.1, 0.15) is 30.4 Å². The lowest BCUT2D eigenvalue weighted by molar-refractivity contribution is 0.462. The molecule has 0 amide bonds. The summed E-state index contributed by atoms with van der Waals surface area (Å²) in [6.07, 6.45) is 1.34. The Morgan fingerprint density at radius 3 is 2.73 bits per heavy atom. The number of nitrogens with zero attached hydrogens (tertiary/aromatic N) is 2. The number of anilines is 2. The molecule has 5 nitrogen and oxygen atoms in total. The smallest absolute Gasteiger partial charge is 0.224 e. The summed E-state index contributed by atoms with van der Waals surface area (Å²) in [4.78, 5) is 7.88. The SMILES string of the molecule is C=C(Nc1ccc(F)c(CF)c1)c1cccc2cc(Oc3cc(N)ncn3)ccc12. The maximum absolute atomic E-state index is 13.5. The van der Waals surface area contributed by atoms with Crippen LogP contribution >= 0.6 is 0 Å². The van der Waals surface area contributed by atoms with Gasteiger partial charge in [-0.1, -0.05) is 24.8 Å². The Balaban J connectivity index is 1.61. The van der Waals surface area contributed by atoms with Crippen LogP contribution in [0.25, 0.3) is 16.5 Å². The second kappa shape index (κ2) is 8.16. The lowest BCUT2D eigenvalue weighted by Crippen LogP contribution is -2.00. The number of fused-ring (bicyclic) bond motifs is 1. The highest BCUT2D eigenvalue weighted by molar-refractivity contribution is 5.96. The molecule has 7 heteroatoms. The molecular formula is C23H18F2N4O. The summed E-state index contributed by atoms with van der Waals surface area (Å²) < 4.78 is 32.2. The molecule has 0 saturated carbocycles. The fraction of sp³-hybridized carbons (Fsp3) is 0.0435.